The molecule has 1 aromatic carbocycles. The fourth-order valence-corrected chi connectivity index (χ4v) is 3.03. The van der Waals surface area contributed by atoms with E-state index in [4.69, 9.17) is 16.3 Å². The molecule has 0 spiro atoms. The summed E-state index contributed by atoms with van der Waals surface area (Å²) in [6, 6.07) is 4.74. The van der Waals surface area contributed by atoms with Crippen LogP contribution in [0.15, 0.2) is 23.2 Å². The van der Waals surface area contributed by atoms with Crippen molar-refractivity contribution in [2.45, 2.75) is 13.0 Å². The van der Waals surface area contributed by atoms with Gasteiger partial charge in [-0.2, -0.15) is 0 Å². The highest BCUT2D eigenvalue weighted by molar-refractivity contribution is 14.0. The molecule has 1 amide bonds. The van der Waals surface area contributed by atoms with E-state index in [-0.39, 0.29) is 41.5 Å². The van der Waals surface area contributed by atoms with Crippen LogP contribution in [-0.2, 0) is 16.1 Å². The average molecular weight is 556 g/mol. The number of nitrogens with zero attached hydrogens (tertiary/aromatic N) is 4. The number of nitrogens with one attached hydrogen (secondary N) is 1. The van der Waals surface area contributed by atoms with Crippen LogP contribution in [0.4, 0.5) is 4.39 Å². The lowest BCUT2D eigenvalue weighted by atomic mass is 10.2. The molecular weight excluding hydrogens is 524 g/mol. The molecule has 0 radical (unpaired) electrons. The fourth-order valence-electron chi connectivity index (χ4n) is 2.91. The van der Waals surface area contributed by atoms with Gasteiger partial charge in [-0.15, -0.1) is 24.0 Å². The molecule has 1 saturated heterocycles. The number of carbonyl (C=O) groups is 1. The second-order valence-corrected chi connectivity index (χ2v) is 7.67. The molecule has 30 heavy (non-hydrogen) atoms. The van der Waals surface area contributed by atoms with Crippen LogP contribution in [0.1, 0.15) is 12.0 Å². The van der Waals surface area contributed by atoms with E-state index in [2.05, 4.69) is 15.2 Å². The van der Waals surface area contributed by atoms with Gasteiger partial charge in [0.1, 0.15) is 12.4 Å². The zero-order valence-electron chi connectivity index (χ0n) is 17.9. The van der Waals surface area contributed by atoms with Crippen molar-refractivity contribution >= 4 is 47.4 Å². The molecule has 0 saturated carbocycles. The van der Waals surface area contributed by atoms with E-state index in [1.807, 2.05) is 11.9 Å². The maximum atomic E-state index is 13.7. The van der Waals surface area contributed by atoms with Crippen molar-refractivity contribution in [3.63, 3.8) is 0 Å². The number of benzene rings is 1. The van der Waals surface area contributed by atoms with Crippen LogP contribution in [0.2, 0.25) is 5.02 Å². The standard InChI is InChI=1S/C20H31ClFN5O2.HI/c1-25(2)19(28)14-24-20(23-7-4-8-27-9-11-29-12-10-27)26(3)15-16-5-6-17(21)18(22)13-16;/h5-6,13H,4,7-12,14-15H2,1-3H3,(H,23,24);1H. The third kappa shape index (κ3) is 9.32. The molecule has 10 heteroatoms. The summed E-state index contributed by atoms with van der Waals surface area (Å²) in [7, 11) is 5.27. The van der Waals surface area contributed by atoms with Gasteiger partial charge in [-0.1, -0.05) is 17.7 Å². The SMILES string of the molecule is CN(C)C(=O)CN=C(NCCCN1CCOCC1)N(C)Cc1ccc(Cl)c(F)c1.I. The first-order valence-corrected chi connectivity index (χ1v) is 10.2. The van der Waals surface area contributed by atoms with E-state index in [1.165, 1.54) is 11.0 Å². The zero-order chi connectivity index (χ0) is 21.2. The first-order valence-electron chi connectivity index (χ1n) is 9.80. The Labute approximate surface area is 200 Å². The van der Waals surface area contributed by atoms with Crippen molar-refractivity contribution in [3.05, 3.63) is 34.6 Å². The Hall–Kier alpha value is -1.17. The molecule has 7 nitrogen and oxygen atoms in total. The van der Waals surface area contributed by atoms with E-state index >= 15 is 0 Å². The fraction of sp³-hybridized carbons (Fsp3) is 0.600. The minimum Gasteiger partial charge on any atom is -0.379 e. The summed E-state index contributed by atoms with van der Waals surface area (Å²) in [5, 5.41) is 3.43. The van der Waals surface area contributed by atoms with Crippen LogP contribution in [0.25, 0.3) is 0 Å². The number of aliphatic imine (C=N–C) groups is 1. The number of halogens is 3. The summed E-state index contributed by atoms with van der Waals surface area (Å²) in [4.78, 5) is 22.1. The Morgan fingerprint density at radius 2 is 2.00 bits per heavy atom. The predicted molar refractivity (Wildman–Crippen MR) is 129 cm³/mol. The maximum absolute atomic E-state index is 13.7. The highest BCUT2D eigenvalue weighted by Crippen LogP contribution is 2.16. The monoisotopic (exact) mass is 555 g/mol. The second kappa shape index (κ2) is 14.0. The van der Waals surface area contributed by atoms with Crippen LogP contribution >= 0.6 is 35.6 Å². The van der Waals surface area contributed by atoms with Gasteiger partial charge in [0.05, 0.1) is 18.2 Å². The van der Waals surface area contributed by atoms with Gasteiger partial charge in [-0.05, 0) is 30.7 Å². The molecule has 1 N–H and O–H groups in total. The summed E-state index contributed by atoms with van der Waals surface area (Å²) >= 11 is 5.76. The molecule has 0 atom stereocenters. The molecule has 0 unspecified atom stereocenters. The number of likely N-dealkylation sites (N-methyl/N-ethyl adjacent to an activating group) is 1. The summed E-state index contributed by atoms with van der Waals surface area (Å²) in [5.74, 6) is 0.0819. The lowest BCUT2D eigenvalue weighted by Crippen LogP contribution is -2.42. The number of hydrogen-bond acceptors (Lipinski definition) is 4. The minimum absolute atomic E-state index is 0. The van der Waals surface area contributed by atoms with Gasteiger partial charge in [-0.25, -0.2) is 9.38 Å². The molecule has 0 aliphatic carbocycles. The minimum atomic E-state index is -0.447. The molecule has 1 heterocycles. The van der Waals surface area contributed by atoms with E-state index in [0.717, 1.165) is 51.4 Å². The lowest BCUT2D eigenvalue weighted by molar-refractivity contribution is -0.127. The van der Waals surface area contributed by atoms with Crippen molar-refractivity contribution in [3.8, 4) is 0 Å². The largest absolute Gasteiger partial charge is 0.379 e. The Morgan fingerprint density at radius 3 is 2.63 bits per heavy atom. The third-order valence-corrected chi connectivity index (χ3v) is 4.97. The Bertz CT molecular complexity index is 702. The number of hydrogen-bond donors (Lipinski definition) is 1. The quantitative estimate of drug-likeness (QED) is 0.231. The van der Waals surface area contributed by atoms with Crippen LogP contribution < -0.4 is 5.32 Å². The number of carbonyl (C=O) groups excluding carboxylic acids is 1. The molecule has 170 valence electrons. The molecule has 2 rings (SSSR count). The highest BCUT2D eigenvalue weighted by Gasteiger charge is 2.12. The molecular formula is C20H32ClFIN5O2. The second-order valence-electron chi connectivity index (χ2n) is 7.27. The van der Waals surface area contributed by atoms with E-state index in [1.54, 1.807) is 26.2 Å². The number of ether oxygens (including phenoxy) is 1. The van der Waals surface area contributed by atoms with Gasteiger partial charge in [0.15, 0.2) is 5.96 Å². The van der Waals surface area contributed by atoms with Gasteiger partial charge in [0.2, 0.25) is 5.91 Å². The van der Waals surface area contributed by atoms with E-state index in [9.17, 15) is 9.18 Å². The Kier molecular flexibility index (Phi) is 12.5. The van der Waals surface area contributed by atoms with Crippen LogP contribution in [0.3, 0.4) is 0 Å². The van der Waals surface area contributed by atoms with Gasteiger partial charge in [-0.3, -0.25) is 9.69 Å². The van der Waals surface area contributed by atoms with Crippen LogP contribution in [0.5, 0.6) is 0 Å². The molecule has 0 bridgehead atoms. The summed E-state index contributed by atoms with van der Waals surface area (Å²) in [6.45, 7) is 5.69. The normalized spacial score (nSPS) is 14.8. The van der Waals surface area contributed by atoms with Gasteiger partial charge in [0.25, 0.3) is 0 Å². The summed E-state index contributed by atoms with van der Waals surface area (Å²) in [6.07, 6.45) is 0.948. The number of rotatable bonds is 8. The zero-order valence-corrected chi connectivity index (χ0v) is 21.0. The van der Waals surface area contributed by atoms with E-state index in [0.29, 0.717) is 12.5 Å². The molecule has 1 aromatic rings. The summed E-state index contributed by atoms with van der Waals surface area (Å²) < 4.78 is 19.1. The van der Waals surface area contributed by atoms with E-state index < -0.39 is 5.82 Å². The smallest absolute Gasteiger partial charge is 0.243 e. The first kappa shape index (κ1) is 26.9. The predicted octanol–water partition coefficient (Wildman–Crippen LogP) is 2.29. The number of amides is 1. The molecule has 1 fully saturated rings. The molecule has 0 aromatic heterocycles. The maximum Gasteiger partial charge on any atom is 0.243 e. The topological polar surface area (TPSA) is 60.4 Å². The van der Waals surface area contributed by atoms with Gasteiger partial charge >= 0.3 is 0 Å². The van der Waals surface area contributed by atoms with Gasteiger partial charge < -0.3 is 19.9 Å². The molecule has 1 aliphatic rings. The van der Waals surface area contributed by atoms with Crippen LogP contribution in [-0.4, -0.2) is 93.6 Å². The van der Waals surface area contributed by atoms with Crippen LogP contribution in [0, 0.1) is 5.82 Å². The lowest BCUT2D eigenvalue weighted by Gasteiger charge is -2.27. The first-order chi connectivity index (χ1) is 13.9. The summed E-state index contributed by atoms with van der Waals surface area (Å²) in [5.41, 5.74) is 0.774. The third-order valence-electron chi connectivity index (χ3n) is 4.67. The Balaban J connectivity index is 0.00000450. The van der Waals surface area contributed by atoms with Crippen molar-refractivity contribution in [1.82, 2.24) is 20.0 Å². The average Bonchev–Trinajstić information content (AvgIpc) is 2.70. The van der Waals surface area contributed by atoms with Crippen molar-refractivity contribution < 1.29 is 13.9 Å². The number of morpholine rings is 1. The Morgan fingerprint density at radius 1 is 1.30 bits per heavy atom. The van der Waals surface area contributed by atoms with Crippen molar-refractivity contribution in [1.29, 1.82) is 0 Å². The molecule has 1 aliphatic heterocycles. The van der Waals surface area contributed by atoms with Crippen molar-refractivity contribution in [2.24, 2.45) is 4.99 Å². The highest BCUT2D eigenvalue weighted by atomic mass is 127. The van der Waals surface area contributed by atoms with Crippen molar-refractivity contribution in [2.75, 3.05) is 67.1 Å². The number of guanidine groups is 1. The van der Waals surface area contributed by atoms with Gasteiger partial charge in [0, 0.05) is 47.3 Å².